The van der Waals surface area contributed by atoms with E-state index in [4.69, 9.17) is 9.47 Å². The fourth-order valence-electron chi connectivity index (χ4n) is 3.59. The van der Waals surface area contributed by atoms with Gasteiger partial charge in [0.15, 0.2) is 11.4 Å². The average Bonchev–Trinajstić information content (AvgIpc) is 3.49. The highest BCUT2D eigenvalue weighted by Crippen LogP contribution is 2.18. The van der Waals surface area contributed by atoms with E-state index < -0.39 is 11.9 Å². The zero-order valence-corrected chi connectivity index (χ0v) is 19.2. The number of carbonyl (C=O) groups is 2. The second-order valence-corrected chi connectivity index (χ2v) is 7.48. The Kier molecular flexibility index (Phi) is 7.17. The number of benzene rings is 2. The number of rotatable bonds is 9. The first-order valence-corrected chi connectivity index (χ1v) is 11.2. The molecule has 8 nitrogen and oxygen atoms in total. The monoisotopic (exact) mass is 458 g/mol. The molecule has 174 valence electrons. The number of para-hydroxylation sites is 2. The van der Waals surface area contributed by atoms with E-state index in [1.165, 1.54) is 0 Å². The molecule has 0 radical (unpaired) electrons. The predicted molar refractivity (Wildman–Crippen MR) is 126 cm³/mol. The second-order valence-electron chi connectivity index (χ2n) is 7.48. The summed E-state index contributed by atoms with van der Waals surface area (Å²) in [6, 6.07) is 22.4. The number of hydrogen-bond acceptors (Lipinski definition) is 6. The Labute approximate surface area is 197 Å². The van der Waals surface area contributed by atoms with Gasteiger partial charge in [-0.1, -0.05) is 36.4 Å². The van der Waals surface area contributed by atoms with Gasteiger partial charge in [0.05, 0.1) is 36.0 Å². The minimum Gasteiger partial charge on any atom is -0.461 e. The van der Waals surface area contributed by atoms with E-state index in [9.17, 15) is 9.59 Å². The minimum absolute atomic E-state index is 0.279. The smallest absolute Gasteiger partial charge is 0.357 e. The Morgan fingerprint density at radius 2 is 1.06 bits per heavy atom. The van der Waals surface area contributed by atoms with Gasteiger partial charge in [0.1, 0.15) is 0 Å². The Balaban J connectivity index is 1.61. The van der Waals surface area contributed by atoms with E-state index >= 15 is 0 Å². The van der Waals surface area contributed by atoms with E-state index in [-0.39, 0.29) is 13.2 Å². The lowest BCUT2D eigenvalue weighted by Gasteiger charge is -2.06. The molecule has 0 fully saturated rings. The molecule has 0 N–H and O–H groups in total. The fraction of sp³-hybridized carbons (Fsp3) is 0.231. The molecule has 0 amide bonds. The van der Waals surface area contributed by atoms with Gasteiger partial charge in [-0.2, -0.15) is 10.2 Å². The van der Waals surface area contributed by atoms with Crippen molar-refractivity contribution in [3.05, 3.63) is 95.6 Å². The lowest BCUT2D eigenvalue weighted by Crippen LogP contribution is -2.11. The molecule has 0 atom stereocenters. The van der Waals surface area contributed by atoms with Crippen LogP contribution in [0.2, 0.25) is 0 Å². The normalized spacial score (nSPS) is 10.8. The highest BCUT2D eigenvalue weighted by Gasteiger charge is 2.20. The van der Waals surface area contributed by atoms with Gasteiger partial charge in [0.2, 0.25) is 0 Å². The van der Waals surface area contributed by atoms with E-state index in [0.717, 1.165) is 22.8 Å². The van der Waals surface area contributed by atoms with Crippen LogP contribution in [0.1, 0.15) is 46.2 Å². The zero-order valence-electron chi connectivity index (χ0n) is 19.2. The molecule has 0 aliphatic carbocycles. The molecule has 0 aliphatic rings. The zero-order chi connectivity index (χ0) is 23.9. The van der Waals surface area contributed by atoms with Crippen molar-refractivity contribution in [3.63, 3.8) is 0 Å². The van der Waals surface area contributed by atoms with Crippen molar-refractivity contribution in [1.29, 1.82) is 0 Å². The van der Waals surface area contributed by atoms with Crippen LogP contribution in [0, 0.1) is 0 Å². The molecule has 34 heavy (non-hydrogen) atoms. The molecule has 2 heterocycles. The molecule has 2 aromatic heterocycles. The number of nitrogens with zero attached hydrogens (tertiary/aromatic N) is 4. The van der Waals surface area contributed by atoms with Crippen molar-refractivity contribution in [1.82, 2.24) is 19.6 Å². The Hall–Kier alpha value is -4.20. The lowest BCUT2D eigenvalue weighted by molar-refractivity contribution is 0.0506. The average molecular weight is 459 g/mol. The first-order valence-electron chi connectivity index (χ1n) is 11.2. The van der Waals surface area contributed by atoms with Crippen LogP contribution in [0.4, 0.5) is 0 Å². The standard InChI is InChI=1S/C26H26N4O4/c1-3-33-25(31)23-17-19(27-29(23)21-11-7-5-8-12-21)15-16-20-18-24(26(32)34-4-2)30(28-20)22-13-9-6-10-14-22/h5-14,17-18H,3-4,15-16H2,1-2H3. The number of carbonyl (C=O) groups excluding carboxylic acids is 2. The first-order chi connectivity index (χ1) is 16.6. The highest BCUT2D eigenvalue weighted by molar-refractivity contribution is 5.89. The molecule has 0 saturated carbocycles. The van der Waals surface area contributed by atoms with Gasteiger partial charge in [-0.15, -0.1) is 0 Å². The molecule has 0 unspecified atom stereocenters. The molecule has 0 saturated heterocycles. The molecular formula is C26H26N4O4. The number of aryl methyl sites for hydroxylation is 2. The Morgan fingerprint density at radius 1 is 0.676 bits per heavy atom. The van der Waals surface area contributed by atoms with Gasteiger partial charge in [-0.25, -0.2) is 19.0 Å². The van der Waals surface area contributed by atoms with Gasteiger partial charge in [-0.05, 0) is 63.1 Å². The summed E-state index contributed by atoms with van der Waals surface area (Å²) >= 11 is 0. The van der Waals surface area contributed by atoms with Crippen molar-refractivity contribution in [2.45, 2.75) is 26.7 Å². The van der Waals surface area contributed by atoms with Crippen molar-refractivity contribution < 1.29 is 19.1 Å². The van der Waals surface area contributed by atoms with Crippen LogP contribution in [0.5, 0.6) is 0 Å². The van der Waals surface area contributed by atoms with Gasteiger partial charge in [-0.3, -0.25) is 0 Å². The summed E-state index contributed by atoms with van der Waals surface area (Å²) in [5.41, 5.74) is 3.72. The van der Waals surface area contributed by atoms with Crippen LogP contribution in [0.3, 0.4) is 0 Å². The van der Waals surface area contributed by atoms with Gasteiger partial charge < -0.3 is 9.47 Å². The van der Waals surface area contributed by atoms with Crippen molar-refractivity contribution >= 4 is 11.9 Å². The third-order valence-corrected chi connectivity index (χ3v) is 5.13. The predicted octanol–water partition coefficient (Wildman–Crippen LogP) is 4.20. The van der Waals surface area contributed by atoms with Gasteiger partial charge >= 0.3 is 11.9 Å². The molecule has 4 rings (SSSR count). The maximum absolute atomic E-state index is 12.5. The van der Waals surface area contributed by atoms with Crippen LogP contribution in [-0.4, -0.2) is 44.7 Å². The molecule has 0 spiro atoms. The summed E-state index contributed by atoms with van der Waals surface area (Å²) in [6.07, 6.45) is 1.06. The first kappa shape index (κ1) is 23.0. The van der Waals surface area contributed by atoms with E-state index in [1.54, 1.807) is 35.3 Å². The largest absolute Gasteiger partial charge is 0.461 e. The molecule has 0 bridgehead atoms. The molecule has 0 aliphatic heterocycles. The second kappa shape index (κ2) is 10.6. The Morgan fingerprint density at radius 3 is 1.41 bits per heavy atom. The number of esters is 2. The van der Waals surface area contributed by atoms with Crippen LogP contribution < -0.4 is 0 Å². The maximum atomic E-state index is 12.5. The quantitative estimate of drug-likeness (QED) is 0.350. The van der Waals surface area contributed by atoms with Crippen LogP contribution in [0.25, 0.3) is 11.4 Å². The maximum Gasteiger partial charge on any atom is 0.357 e. The number of hydrogen-bond donors (Lipinski definition) is 0. The summed E-state index contributed by atoms with van der Waals surface area (Å²) in [5.74, 6) is -0.855. The summed E-state index contributed by atoms with van der Waals surface area (Å²) in [4.78, 5) is 25.0. The highest BCUT2D eigenvalue weighted by atomic mass is 16.5. The minimum atomic E-state index is -0.428. The van der Waals surface area contributed by atoms with Crippen molar-refractivity contribution in [3.8, 4) is 11.4 Å². The van der Waals surface area contributed by atoms with Crippen molar-refractivity contribution in [2.75, 3.05) is 13.2 Å². The number of aromatic nitrogens is 4. The molecule has 8 heteroatoms. The van der Waals surface area contributed by atoms with E-state index in [1.807, 2.05) is 60.7 Å². The van der Waals surface area contributed by atoms with Crippen LogP contribution >= 0.6 is 0 Å². The Bertz CT molecular complexity index is 1160. The third-order valence-electron chi connectivity index (χ3n) is 5.13. The molecule has 2 aromatic carbocycles. The third kappa shape index (κ3) is 5.06. The van der Waals surface area contributed by atoms with Crippen LogP contribution in [0.15, 0.2) is 72.8 Å². The van der Waals surface area contributed by atoms with E-state index in [2.05, 4.69) is 10.2 Å². The summed E-state index contributed by atoms with van der Waals surface area (Å²) in [6.45, 7) is 4.10. The molecule has 4 aromatic rings. The number of ether oxygens (including phenoxy) is 2. The summed E-state index contributed by atoms with van der Waals surface area (Å²) in [7, 11) is 0. The van der Waals surface area contributed by atoms with Gasteiger partial charge in [0, 0.05) is 0 Å². The fourth-order valence-corrected chi connectivity index (χ4v) is 3.59. The SMILES string of the molecule is CCOC(=O)c1cc(CCc2cc(C(=O)OCC)n(-c3ccccc3)n2)nn1-c1ccccc1. The molecular weight excluding hydrogens is 432 g/mol. The van der Waals surface area contributed by atoms with Crippen molar-refractivity contribution in [2.24, 2.45) is 0 Å². The summed E-state index contributed by atoms with van der Waals surface area (Å²) < 4.78 is 13.6. The van der Waals surface area contributed by atoms with Crippen LogP contribution in [-0.2, 0) is 22.3 Å². The van der Waals surface area contributed by atoms with Gasteiger partial charge in [0.25, 0.3) is 0 Å². The topological polar surface area (TPSA) is 88.2 Å². The summed E-state index contributed by atoms with van der Waals surface area (Å²) in [5, 5.41) is 9.28. The van der Waals surface area contributed by atoms with E-state index in [0.29, 0.717) is 24.2 Å². The lowest BCUT2D eigenvalue weighted by atomic mass is 10.2.